The molecule has 0 bridgehead atoms. The van der Waals surface area contributed by atoms with Gasteiger partial charge in [-0.3, -0.25) is 10.2 Å². The molecule has 1 unspecified atom stereocenters. The summed E-state index contributed by atoms with van der Waals surface area (Å²) in [5, 5.41) is 14.8. The number of carbonyl (C=O) groups is 2. The Kier molecular flexibility index (Phi) is 7.66. The highest BCUT2D eigenvalue weighted by Crippen LogP contribution is 2.26. The zero-order chi connectivity index (χ0) is 20.0. The van der Waals surface area contributed by atoms with Crippen LogP contribution >= 0.6 is 34.8 Å². The Morgan fingerprint density at radius 2 is 1.70 bits per heavy atom. The fourth-order valence-corrected chi connectivity index (χ4v) is 3.05. The highest BCUT2D eigenvalue weighted by atomic mass is 35.5. The molecule has 0 amide bonds. The zero-order valence-electron chi connectivity index (χ0n) is 14.4. The minimum absolute atomic E-state index is 0.284. The number of nitrogens with one attached hydrogen (secondary N) is 1. The van der Waals surface area contributed by atoms with Crippen LogP contribution in [0.15, 0.2) is 47.6 Å². The highest BCUT2D eigenvalue weighted by molar-refractivity contribution is 6.41. The summed E-state index contributed by atoms with van der Waals surface area (Å²) >= 11 is 17.8. The zero-order valence-corrected chi connectivity index (χ0v) is 16.6. The molecule has 2 N–H and O–H groups in total. The fourth-order valence-electron chi connectivity index (χ4n) is 2.47. The molecule has 0 heterocycles. The quantitative estimate of drug-likeness (QED) is 0.317. The maximum absolute atomic E-state index is 12.9. The molecule has 27 heavy (non-hydrogen) atoms. The molecule has 0 aliphatic carbocycles. The van der Waals surface area contributed by atoms with Crippen LogP contribution in [0.1, 0.15) is 30.1 Å². The van der Waals surface area contributed by atoms with E-state index in [9.17, 15) is 14.7 Å². The number of ketones is 1. The Morgan fingerprint density at radius 1 is 1.07 bits per heavy atom. The number of carboxylic acids is 1. The van der Waals surface area contributed by atoms with Crippen molar-refractivity contribution >= 4 is 58.0 Å². The average molecular weight is 428 g/mol. The van der Waals surface area contributed by atoms with E-state index in [1.54, 1.807) is 36.4 Å². The molecule has 0 aromatic heterocycles. The third kappa shape index (κ3) is 5.70. The third-order valence-corrected chi connectivity index (χ3v) is 4.60. The monoisotopic (exact) mass is 426 g/mol. The molecule has 0 aliphatic heterocycles. The number of hydrazone groups is 1. The molecule has 0 saturated carbocycles. The molecule has 0 aliphatic rings. The molecule has 0 radical (unpaired) electrons. The number of benzene rings is 2. The second-order valence-electron chi connectivity index (χ2n) is 5.75. The SMILES string of the molecule is CCCC(C(=O)c1ccc(Cl)cc1)C(=NNc1ccc(Cl)cc1Cl)C(=O)O. The summed E-state index contributed by atoms with van der Waals surface area (Å²) in [6, 6.07) is 11.0. The van der Waals surface area contributed by atoms with E-state index >= 15 is 0 Å². The molecule has 2 rings (SSSR count). The van der Waals surface area contributed by atoms with Crippen LogP contribution in [0.25, 0.3) is 0 Å². The Hall–Kier alpha value is -2.08. The number of aliphatic carboxylic acids is 1. The summed E-state index contributed by atoms with van der Waals surface area (Å²) in [4.78, 5) is 24.6. The Morgan fingerprint density at radius 3 is 2.26 bits per heavy atom. The number of carboxylic acid groups (broad SMARTS) is 1. The van der Waals surface area contributed by atoms with Gasteiger partial charge in [0.25, 0.3) is 0 Å². The molecular weight excluding hydrogens is 411 g/mol. The van der Waals surface area contributed by atoms with E-state index in [4.69, 9.17) is 34.8 Å². The normalized spacial score (nSPS) is 12.5. The second-order valence-corrected chi connectivity index (χ2v) is 7.03. The molecular formula is C19H17Cl3N2O3. The molecule has 0 fully saturated rings. The van der Waals surface area contributed by atoms with E-state index in [0.29, 0.717) is 34.1 Å². The van der Waals surface area contributed by atoms with Gasteiger partial charge >= 0.3 is 5.97 Å². The van der Waals surface area contributed by atoms with Crippen LogP contribution in [0, 0.1) is 5.92 Å². The molecule has 142 valence electrons. The lowest BCUT2D eigenvalue weighted by Gasteiger charge is -2.15. The number of nitrogens with zero attached hydrogens (tertiary/aromatic N) is 1. The third-order valence-electron chi connectivity index (χ3n) is 3.80. The van der Waals surface area contributed by atoms with E-state index in [1.807, 2.05) is 6.92 Å². The number of carbonyl (C=O) groups excluding carboxylic acids is 1. The van der Waals surface area contributed by atoms with E-state index in [2.05, 4.69) is 10.5 Å². The van der Waals surface area contributed by atoms with Gasteiger partial charge in [-0.05, 0) is 48.9 Å². The van der Waals surface area contributed by atoms with Gasteiger partial charge < -0.3 is 5.11 Å². The van der Waals surface area contributed by atoms with Crippen molar-refractivity contribution in [3.8, 4) is 0 Å². The van der Waals surface area contributed by atoms with Crippen LogP contribution < -0.4 is 5.43 Å². The van der Waals surface area contributed by atoms with Crippen molar-refractivity contribution in [2.45, 2.75) is 19.8 Å². The maximum Gasteiger partial charge on any atom is 0.352 e. The highest BCUT2D eigenvalue weighted by Gasteiger charge is 2.30. The van der Waals surface area contributed by atoms with Crippen molar-refractivity contribution < 1.29 is 14.7 Å². The lowest BCUT2D eigenvalue weighted by Crippen LogP contribution is -2.31. The smallest absolute Gasteiger partial charge is 0.352 e. The second kappa shape index (κ2) is 9.74. The van der Waals surface area contributed by atoms with Gasteiger partial charge in [0, 0.05) is 15.6 Å². The summed E-state index contributed by atoms with van der Waals surface area (Å²) in [5.74, 6) is -2.53. The van der Waals surface area contributed by atoms with E-state index in [0.717, 1.165) is 0 Å². The number of rotatable bonds is 8. The van der Waals surface area contributed by atoms with E-state index in [-0.39, 0.29) is 16.5 Å². The van der Waals surface area contributed by atoms with E-state index in [1.165, 1.54) is 6.07 Å². The first kappa shape index (κ1) is 21.2. The maximum atomic E-state index is 12.9. The van der Waals surface area contributed by atoms with Crippen molar-refractivity contribution in [2.75, 3.05) is 5.43 Å². The summed E-state index contributed by atoms with van der Waals surface area (Å²) in [7, 11) is 0. The largest absolute Gasteiger partial charge is 0.477 e. The first-order chi connectivity index (χ1) is 12.8. The van der Waals surface area contributed by atoms with Crippen molar-refractivity contribution in [2.24, 2.45) is 11.0 Å². The Bertz CT molecular complexity index is 867. The van der Waals surface area contributed by atoms with Crippen molar-refractivity contribution in [3.05, 3.63) is 63.1 Å². The van der Waals surface area contributed by atoms with Crippen LogP contribution in [0.4, 0.5) is 5.69 Å². The number of hydrogen-bond acceptors (Lipinski definition) is 4. The van der Waals surface area contributed by atoms with Crippen LogP contribution in [0.5, 0.6) is 0 Å². The minimum Gasteiger partial charge on any atom is -0.477 e. The molecule has 0 spiro atoms. The van der Waals surface area contributed by atoms with Crippen LogP contribution in [-0.4, -0.2) is 22.6 Å². The number of anilines is 1. The first-order valence-corrected chi connectivity index (χ1v) is 9.28. The Balaban J connectivity index is 2.35. The predicted molar refractivity (Wildman–Crippen MR) is 109 cm³/mol. The van der Waals surface area contributed by atoms with Crippen LogP contribution in [0.3, 0.4) is 0 Å². The average Bonchev–Trinajstić information content (AvgIpc) is 2.62. The van der Waals surface area contributed by atoms with Gasteiger partial charge in [-0.25, -0.2) is 4.79 Å². The molecule has 0 saturated heterocycles. The number of Topliss-reactive ketones (excluding diaryl/α,β-unsaturated/α-hetero) is 1. The first-order valence-electron chi connectivity index (χ1n) is 8.15. The molecule has 5 nitrogen and oxygen atoms in total. The lowest BCUT2D eigenvalue weighted by molar-refractivity contribution is -0.129. The van der Waals surface area contributed by atoms with Crippen LogP contribution in [0.2, 0.25) is 15.1 Å². The minimum atomic E-state index is -1.28. The van der Waals surface area contributed by atoms with Gasteiger partial charge in [0.1, 0.15) is 0 Å². The summed E-state index contributed by atoms with van der Waals surface area (Å²) in [6.45, 7) is 1.87. The van der Waals surface area contributed by atoms with Gasteiger partial charge in [0.2, 0.25) is 0 Å². The predicted octanol–water partition coefficient (Wildman–Crippen LogP) is 5.80. The summed E-state index contributed by atoms with van der Waals surface area (Å²) < 4.78 is 0. The molecule has 2 aromatic rings. The van der Waals surface area contributed by atoms with Crippen molar-refractivity contribution in [1.82, 2.24) is 0 Å². The Labute approximate surface area is 171 Å². The number of halogens is 3. The van der Waals surface area contributed by atoms with Crippen LogP contribution in [-0.2, 0) is 4.79 Å². The molecule has 2 aromatic carbocycles. The molecule has 1 atom stereocenters. The summed E-state index contributed by atoms with van der Waals surface area (Å²) in [6.07, 6.45) is 0.945. The van der Waals surface area contributed by atoms with Gasteiger partial charge in [0.05, 0.1) is 16.6 Å². The topological polar surface area (TPSA) is 78.8 Å². The number of hydrogen-bond donors (Lipinski definition) is 2. The van der Waals surface area contributed by atoms with E-state index < -0.39 is 11.9 Å². The van der Waals surface area contributed by atoms with Gasteiger partial charge in [0.15, 0.2) is 11.5 Å². The van der Waals surface area contributed by atoms with Gasteiger partial charge in [-0.1, -0.05) is 48.1 Å². The summed E-state index contributed by atoms with van der Waals surface area (Å²) in [5.41, 5.74) is 3.09. The van der Waals surface area contributed by atoms with Gasteiger partial charge in [-0.15, -0.1) is 0 Å². The van der Waals surface area contributed by atoms with Crippen molar-refractivity contribution in [1.29, 1.82) is 0 Å². The van der Waals surface area contributed by atoms with Gasteiger partial charge in [-0.2, -0.15) is 5.10 Å². The van der Waals surface area contributed by atoms with Crippen molar-refractivity contribution in [3.63, 3.8) is 0 Å². The lowest BCUT2D eigenvalue weighted by atomic mass is 9.89. The fraction of sp³-hybridized carbons (Fsp3) is 0.211. The standard InChI is InChI=1S/C19H17Cl3N2O3/c1-2-3-14(18(25)11-4-6-12(20)7-5-11)17(19(26)27)24-23-16-9-8-13(21)10-15(16)22/h4-10,14,23H,2-3H2,1H3,(H,26,27). The molecule has 8 heteroatoms.